The van der Waals surface area contributed by atoms with Gasteiger partial charge in [-0.15, -0.1) is 0 Å². The zero-order valence-corrected chi connectivity index (χ0v) is 20.2. The minimum absolute atomic E-state index is 0.0265. The lowest BCUT2D eigenvalue weighted by Crippen LogP contribution is -2.32. The maximum absolute atomic E-state index is 13.8. The fourth-order valence-corrected chi connectivity index (χ4v) is 3.58. The SMILES string of the molecule is C/C=C(\N=C(OC)C1CCCN1)c1ccc(OC/C=C(\C)CCC=C(C)C)c(C(F)(F)F)c1. The van der Waals surface area contributed by atoms with E-state index in [0.29, 0.717) is 17.2 Å². The molecule has 1 aliphatic heterocycles. The molecule has 1 saturated heterocycles. The fraction of sp³-hybridized carbons (Fsp3) is 0.500. The van der Waals surface area contributed by atoms with Gasteiger partial charge in [-0.1, -0.05) is 23.3 Å². The number of alkyl halides is 3. The third-order valence-electron chi connectivity index (χ3n) is 5.41. The number of allylic oxidation sites excluding steroid dienone is 4. The smallest absolute Gasteiger partial charge is 0.419 e. The molecule has 0 aromatic heterocycles. The van der Waals surface area contributed by atoms with E-state index in [0.717, 1.165) is 43.9 Å². The first-order chi connectivity index (χ1) is 15.7. The second kappa shape index (κ2) is 12.6. The Labute approximate surface area is 195 Å². The van der Waals surface area contributed by atoms with Crippen LogP contribution in [0.4, 0.5) is 13.2 Å². The molecule has 1 unspecified atom stereocenters. The van der Waals surface area contributed by atoms with Crippen LogP contribution in [0.2, 0.25) is 0 Å². The number of methoxy groups -OCH3 is 1. The lowest BCUT2D eigenvalue weighted by atomic mass is 10.1. The predicted octanol–water partition coefficient (Wildman–Crippen LogP) is 6.93. The van der Waals surface area contributed by atoms with Crippen LogP contribution in [0.15, 0.2) is 52.6 Å². The minimum Gasteiger partial charge on any atom is -0.489 e. The first-order valence-corrected chi connectivity index (χ1v) is 11.3. The summed E-state index contributed by atoms with van der Waals surface area (Å²) in [6, 6.07) is 4.03. The molecule has 1 aliphatic rings. The third-order valence-corrected chi connectivity index (χ3v) is 5.41. The molecule has 0 saturated carbocycles. The van der Waals surface area contributed by atoms with Crippen LogP contribution in [0.25, 0.3) is 5.70 Å². The molecule has 1 fully saturated rings. The predicted molar refractivity (Wildman–Crippen MR) is 128 cm³/mol. The molecule has 1 N–H and O–H groups in total. The molecule has 2 rings (SSSR count). The van der Waals surface area contributed by atoms with Crippen molar-refractivity contribution in [3.05, 3.63) is 58.7 Å². The lowest BCUT2D eigenvalue weighted by molar-refractivity contribution is -0.138. The van der Waals surface area contributed by atoms with E-state index < -0.39 is 11.7 Å². The quantitative estimate of drug-likeness (QED) is 0.245. The van der Waals surface area contributed by atoms with Gasteiger partial charge in [-0.25, -0.2) is 4.99 Å². The standard InChI is InChI=1S/C26H35F3N2O2/c1-6-22(31-25(32-5)23-11-8-15-30-23)20-12-13-24(21(17-20)26(27,28)29)33-16-14-19(4)10-7-9-18(2)3/h6,9,12-14,17,23,30H,7-8,10-11,15-16H2,1-5H3/b19-14+,22-6-,31-25?. The Bertz CT molecular complexity index is 905. The summed E-state index contributed by atoms with van der Waals surface area (Å²) in [6.07, 6.45) is 4.73. The molecule has 182 valence electrons. The first-order valence-electron chi connectivity index (χ1n) is 11.3. The van der Waals surface area contributed by atoms with Crippen molar-refractivity contribution in [3.8, 4) is 5.75 Å². The largest absolute Gasteiger partial charge is 0.489 e. The summed E-state index contributed by atoms with van der Waals surface area (Å²) in [5.74, 6) is 0.284. The molecular weight excluding hydrogens is 429 g/mol. The Morgan fingerprint density at radius 1 is 1.21 bits per heavy atom. The number of hydrogen-bond donors (Lipinski definition) is 1. The van der Waals surface area contributed by atoms with Gasteiger partial charge in [0.2, 0.25) is 5.90 Å². The number of hydrogen-bond acceptors (Lipinski definition) is 4. The Kier molecular flexibility index (Phi) is 10.2. The average molecular weight is 465 g/mol. The molecule has 0 spiro atoms. The van der Waals surface area contributed by atoms with E-state index >= 15 is 0 Å². The highest BCUT2D eigenvalue weighted by atomic mass is 19.4. The molecular formula is C26H35F3N2O2. The van der Waals surface area contributed by atoms with Crippen LogP contribution in [0.1, 0.15) is 64.5 Å². The third kappa shape index (κ3) is 8.39. The van der Waals surface area contributed by atoms with E-state index in [1.54, 1.807) is 19.1 Å². The fourth-order valence-electron chi connectivity index (χ4n) is 3.58. The number of nitrogens with one attached hydrogen (secondary N) is 1. The van der Waals surface area contributed by atoms with Gasteiger partial charge in [-0.2, -0.15) is 13.2 Å². The second-order valence-electron chi connectivity index (χ2n) is 8.37. The molecule has 1 heterocycles. The van der Waals surface area contributed by atoms with Crippen LogP contribution in [-0.2, 0) is 10.9 Å². The average Bonchev–Trinajstić information content (AvgIpc) is 3.28. The highest BCUT2D eigenvalue weighted by Crippen LogP contribution is 2.38. The number of nitrogens with zero attached hydrogens (tertiary/aromatic N) is 1. The van der Waals surface area contributed by atoms with Crippen molar-refractivity contribution in [2.24, 2.45) is 4.99 Å². The van der Waals surface area contributed by atoms with Gasteiger partial charge in [-0.3, -0.25) is 0 Å². The molecule has 0 bridgehead atoms. The van der Waals surface area contributed by atoms with Crippen molar-refractivity contribution < 1.29 is 22.6 Å². The summed E-state index contributed by atoms with van der Waals surface area (Å²) in [7, 11) is 1.53. The Morgan fingerprint density at radius 2 is 1.97 bits per heavy atom. The van der Waals surface area contributed by atoms with Crippen LogP contribution in [-0.4, -0.2) is 32.2 Å². The number of rotatable bonds is 9. The number of benzene rings is 1. The van der Waals surface area contributed by atoms with Crippen molar-refractivity contribution >= 4 is 11.6 Å². The molecule has 7 heteroatoms. The van der Waals surface area contributed by atoms with E-state index in [4.69, 9.17) is 9.47 Å². The topological polar surface area (TPSA) is 42.8 Å². The molecule has 0 amide bonds. The van der Waals surface area contributed by atoms with Gasteiger partial charge in [0.05, 0.1) is 24.4 Å². The summed E-state index contributed by atoms with van der Waals surface area (Å²) in [5, 5.41) is 3.29. The lowest BCUT2D eigenvalue weighted by Gasteiger charge is -2.16. The zero-order valence-electron chi connectivity index (χ0n) is 20.2. The van der Waals surface area contributed by atoms with Crippen LogP contribution in [0, 0.1) is 0 Å². The van der Waals surface area contributed by atoms with Crippen LogP contribution in [0.5, 0.6) is 5.75 Å². The Hall–Kier alpha value is -2.54. The Morgan fingerprint density at radius 3 is 2.55 bits per heavy atom. The van der Waals surface area contributed by atoms with Gasteiger partial charge in [0.15, 0.2) is 0 Å². The highest BCUT2D eigenvalue weighted by molar-refractivity contribution is 5.88. The van der Waals surface area contributed by atoms with Crippen molar-refractivity contribution in [2.75, 3.05) is 20.3 Å². The van der Waals surface area contributed by atoms with Gasteiger partial charge in [0.1, 0.15) is 12.4 Å². The van der Waals surface area contributed by atoms with Crippen molar-refractivity contribution in [3.63, 3.8) is 0 Å². The van der Waals surface area contributed by atoms with Crippen LogP contribution in [0.3, 0.4) is 0 Å². The molecule has 1 aromatic carbocycles. The number of halogens is 3. The van der Waals surface area contributed by atoms with Gasteiger partial charge in [0.25, 0.3) is 0 Å². The molecule has 1 atom stereocenters. The van der Waals surface area contributed by atoms with E-state index in [-0.39, 0.29) is 18.4 Å². The number of aliphatic imine (C=N–C) groups is 1. The summed E-state index contributed by atoms with van der Waals surface area (Å²) >= 11 is 0. The van der Waals surface area contributed by atoms with Gasteiger partial charge in [-0.05, 0) is 84.2 Å². The van der Waals surface area contributed by atoms with E-state index in [1.807, 2.05) is 26.8 Å². The van der Waals surface area contributed by atoms with Gasteiger partial charge in [0, 0.05) is 5.56 Å². The highest BCUT2D eigenvalue weighted by Gasteiger charge is 2.35. The summed E-state index contributed by atoms with van der Waals surface area (Å²) in [4.78, 5) is 4.52. The second-order valence-corrected chi connectivity index (χ2v) is 8.37. The normalized spacial score (nSPS) is 17.8. The molecule has 0 aliphatic carbocycles. The van der Waals surface area contributed by atoms with Gasteiger partial charge >= 0.3 is 6.18 Å². The zero-order chi connectivity index (χ0) is 24.4. The van der Waals surface area contributed by atoms with E-state index in [9.17, 15) is 13.2 Å². The van der Waals surface area contributed by atoms with Crippen molar-refractivity contribution in [1.82, 2.24) is 5.32 Å². The molecule has 0 radical (unpaired) electrons. The number of ether oxygens (including phenoxy) is 2. The van der Waals surface area contributed by atoms with E-state index in [1.165, 1.54) is 18.7 Å². The maximum Gasteiger partial charge on any atom is 0.419 e. The summed E-state index contributed by atoms with van der Waals surface area (Å²) in [5.41, 5.74) is 2.29. The van der Waals surface area contributed by atoms with Crippen molar-refractivity contribution in [1.29, 1.82) is 0 Å². The summed E-state index contributed by atoms with van der Waals surface area (Å²) in [6.45, 7) is 8.73. The maximum atomic E-state index is 13.8. The van der Waals surface area contributed by atoms with Crippen LogP contribution < -0.4 is 10.1 Å². The van der Waals surface area contributed by atoms with Gasteiger partial charge < -0.3 is 14.8 Å². The molecule has 1 aromatic rings. The Balaban J connectivity index is 2.22. The molecule has 4 nitrogen and oxygen atoms in total. The minimum atomic E-state index is -4.55. The first kappa shape index (κ1) is 26.7. The monoisotopic (exact) mass is 464 g/mol. The molecule has 33 heavy (non-hydrogen) atoms. The van der Waals surface area contributed by atoms with Crippen molar-refractivity contribution in [2.45, 2.75) is 65.6 Å². The van der Waals surface area contributed by atoms with Crippen LogP contribution >= 0.6 is 0 Å². The van der Waals surface area contributed by atoms with E-state index in [2.05, 4.69) is 16.4 Å². The summed E-state index contributed by atoms with van der Waals surface area (Å²) < 4.78 is 52.3.